The van der Waals surface area contributed by atoms with Crippen LogP contribution in [-0.4, -0.2) is 13.7 Å². The molecule has 0 radical (unpaired) electrons. The monoisotopic (exact) mass is 433 g/mol. The molecular formula is C15H17Br2NO2S. The predicted molar refractivity (Wildman–Crippen MR) is 94.4 cm³/mol. The second-order valence-electron chi connectivity index (χ2n) is 4.38. The van der Waals surface area contributed by atoms with Gasteiger partial charge >= 0.3 is 0 Å². The molecule has 0 fully saturated rings. The van der Waals surface area contributed by atoms with Crippen LogP contribution in [-0.2, 0) is 13.1 Å². The van der Waals surface area contributed by atoms with Gasteiger partial charge in [0.1, 0.15) is 0 Å². The van der Waals surface area contributed by atoms with Crippen LogP contribution in [0.15, 0.2) is 32.5 Å². The molecular weight excluding hydrogens is 418 g/mol. The van der Waals surface area contributed by atoms with E-state index < -0.39 is 0 Å². The first-order valence-electron chi connectivity index (χ1n) is 6.57. The SMILES string of the molecule is CCOc1c(Br)cc(CNCc2cc(Br)cs2)cc1OC. The van der Waals surface area contributed by atoms with Crippen molar-refractivity contribution in [1.29, 1.82) is 0 Å². The van der Waals surface area contributed by atoms with Crippen LogP contribution in [0.25, 0.3) is 0 Å². The molecule has 6 heteroatoms. The molecule has 0 amide bonds. The Morgan fingerprint density at radius 1 is 1.19 bits per heavy atom. The molecule has 1 N–H and O–H groups in total. The zero-order valence-corrected chi connectivity index (χ0v) is 15.9. The standard InChI is InChI=1S/C15H17Br2NO2S/c1-3-20-15-13(17)4-10(5-14(15)19-2)7-18-8-12-6-11(16)9-21-12/h4-6,9,18H,3,7-8H2,1-2H3. The minimum atomic E-state index is 0.611. The molecule has 21 heavy (non-hydrogen) atoms. The van der Waals surface area contributed by atoms with E-state index in [1.807, 2.05) is 13.0 Å². The third-order valence-electron chi connectivity index (χ3n) is 2.83. The van der Waals surface area contributed by atoms with E-state index in [-0.39, 0.29) is 0 Å². The van der Waals surface area contributed by atoms with E-state index >= 15 is 0 Å². The molecule has 1 aromatic heterocycles. The van der Waals surface area contributed by atoms with Crippen LogP contribution < -0.4 is 14.8 Å². The third-order valence-corrected chi connectivity index (χ3v) is 5.11. The topological polar surface area (TPSA) is 30.5 Å². The molecule has 0 bridgehead atoms. The van der Waals surface area contributed by atoms with Crippen LogP contribution in [0.4, 0.5) is 0 Å². The molecule has 0 atom stereocenters. The van der Waals surface area contributed by atoms with E-state index in [1.165, 1.54) is 4.88 Å². The zero-order valence-electron chi connectivity index (χ0n) is 11.9. The van der Waals surface area contributed by atoms with Crippen LogP contribution in [0.2, 0.25) is 0 Å². The lowest BCUT2D eigenvalue weighted by Crippen LogP contribution is -2.12. The van der Waals surface area contributed by atoms with Crippen molar-refractivity contribution in [2.45, 2.75) is 20.0 Å². The quantitative estimate of drug-likeness (QED) is 0.667. The number of methoxy groups -OCH3 is 1. The number of nitrogens with one attached hydrogen (secondary N) is 1. The van der Waals surface area contributed by atoms with Crippen molar-refractivity contribution in [3.63, 3.8) is 0 Å². The first kappa shape index (κ1) is 16.8. The van der Waals surface area contributed by atoms with Crippen LogP contribution >= 0.6 is 43.2 Å². The lowest BCUT2D eigenvalue weighted by atomic mass is 10.2. The Morgan fingerprint density at radius 2 is 2.00 bits per heavy atom. The first-order chi connectivity index (χ1) is 10.1. The van der Waals surface area contributed by atoms with Crippen LogP contribution in [0.3, 0.4) is 0 Å². The first-order valence-corrected chi connectivity index (χ1v) is 9.03. The predicted octanol–water partition coefficient (Wildman–Crippen LogP) is 4.97. The number of hydrogen-bond acceptors (Lipinski definition) is 4. The number of ether oxygens (including phenoxy) is 2. The molecule has 1 aromatic carbocycles. The Hall–Kier alpha value is -0.560. The molecule has 1 heterocycles. The van der Waals surface area contributed by atoms with Crippen LogP contribution in [0.1, 0.15) is 17.4 Å². The molecule has 0 unspecified atom stereocenters. The van der Waals surface area contributed by atoms with Gasteiger partial charge in [-0.25, -0.2) is 0 Å². The third kappa shape index (κ3) is 4.71. The number of hydrogen-bond donors (Lipinski definition) is 1. The fourth-order valence-electron chi connectivity index (χ4n) is 1.94. The summed E-state index contributed by atoms with van der Waals surface area (Å²) in [7, 11) is 1.66. The lowest BCUT2D eigenvalue weighted by Gasteiger charge is -2.13. The summed E-state index contributed by atoms with van der Waals surface area (Å²) in [5.41, 5.74) is 1.15. The summed E-state index contributed by atoms with van der Waals surface area (Å²) in [5, 5.41) is 5.52. The van der Waals surface area contributed by atoms with Gasteiger partial charge in [-0.15, -0.1) is 11.3 Å². The van der Waals surface area contributed by atoms with Gasteiger partial charge in [-0.05, 0) is 62.5 Å². The number of rotatable bonds is 7. The van der Waals surface area contributed by atoms with Gasteiger partial charge in [-0.3, -0.25) is 0 Å². The van der Waals surface area contributed by atoms with Gasteiger partial charge in [-0.2, -0.15) is 0 Å². The van der Waals surface area contributed by atoms with Gasteiger partial charge in [0.05, 0.1) is 18.2 Å². The summed E-state index contributed by atoms with van der Waals surface area (Å²) < 4.78 is 13.0. The molecule has 0 saturated heterocycles. The van der Waals surface area contributed by atoms with E-state index in [0.29, 0.717) is 6.61 Å². The molecule has 0 aliphatic rings. The van der Waals surface area contributed by atoms with Gasteiger partial charge in [0.2, 0.25) is 0 Å². The Kier molecular flexibility index (Phi) is 6.54. The van der Waals surface area contributed by atoms with Crippen molar-refractivity contribution in [1.82, 2.24) is 5.32 Å². The van der Waals surface area contributed by atoms with Crippen molar-refractivity contribution in [2.24, 2.45) is 0 Å². The molecule has 0 spiro atoms. The van der Waals surface area contributed by atoms with Crippen LogP contribution in [0, 0.1) is 0 Å². The van der Waals surface area contributed by atoms with Crippen molar-refractivity contribution >= 4 is 43.2 Å². The second kappa shape index (κ2) is 8.17. The summed E-state index contributed by atoms with van der Waals surface area (Å²) in [6, 6.07) is 6.20. The summed E-state index contributed by atoms with van der Waals surface area (Å²) in [4.78, 5) is 1.30. The van der Waals surface area contributed by atoms with Crippen molar-refractivity contribution in [3.05, 3.63) is 43.0 Å². The van der Waals surface area contributed by atoms with E-state index in [2.05, 4.69) is 54.7 Å². The Bertz CT molecular complexity index is 601. The van der Waals surface area contributed by atoms with Gasteiger partial charge in [0.25, 0.3) is 0 Å². The van der Waals surface area contributed by atoms with E-state index in [1.54, 1.807) is 18.4 Å². The molecule has 114 valence electrons. The summed E-state index contributed by atoms with van der Waals surface area (Å²) >= 11 is 8.75. The molecule has 2 rings (SSSR count). The minimum absolute atomic E-state index is 0.611. The van der Waals surface area contributed by atoms with Crippen molar-refractivity contribution < 1.29 is 9.47 Å². The van der Waals surface area contributed by atoms with E-state index in [9.17, 15) is 0 Å². The van der Waals surface area contributed by atoms with Gasteiger partial charge in [0.15, 0.2) is 11.5 Å². The summed E-state index contributed by atoms with van der Waals surface area (Å²) in [6.45, 7) is 4.20. The Balaban J connectivity index is 2.01. The highest BCUT2D eigenvalue weighted by atomic mass is 79.9. The summed E-state index contributed by atoms with van der Waals surface area (Å²) in [6.07, 6.45) is 0. The fraction of sp³-hybridized carbons (Fsp3) is 0.333. The van der Waals surface area contributed by atoms with Crippen LogP contribution in [0.5, 0.6) is 11.5 Å². The largest absolute Gasteiger partial charge is 0.493 e. The zero-order chi connectivity index (χ0) is 15.2. The van der Waals surface area contributed by atoms with Crippen molar-refractivity contribution in [2.75, 3.05) is 13.7 Å². The van der Waals surface area contributed by atoms with Crippen molar-refractivity contribution in [3.8, 4) is 11.5 Å². The highest BCUT2D eigenvalue weighted by Crippen LogP contribution is 2.36. The minimum Gasteiger partial charge on any atom is -0.493 e. The smallest absolute Gasteiger partial charge is 0.175 e. The Morgan fingerprint density at radius 3 is 2.62 bits per heavy atom. The fourth-order valence-corrected chi connectivity index (χ4v) is 3.96. The maximum Gasteiger partial charge on any atom is 0.175 e. The highest BCUT2D eigenvalue weighted by Gasteiger charge is 2.11. The number of halogens is 2. The van der Waals surface area contributed by atoms with E-state index in [0.717, 1.165) is 39.1 Å². The Labute approximate surface area is 145 Å². The number of thiophene rings is 1. The molecule has 3 nitrogen and oxygen atoms in total. The van der Waals surface area contributed by atoms with E-state index in [4.69, 9.17) is 9.47 Å². The highest BCUT2D eigenvalue weighted by molar-refractivity contribution is 9.10. The lowest BCUT2D eigenvalue weighted by molar-refractivity contribution is 0.308. The van der Waals surface area contributed by atoms with Gasteiger partial charge in [-0.1, -0.05) is 0 Å². The normalized spacial score (nSPS) is 10.7. The average Bonchev–Trinajstić information content (AvgIpc) is 2.87. The molecule has 0 saturated carbocycles. The molecule has 2 aromatic rings. The maximum atomic E-state index is 5.59. The van der Waals surface area contributed by atoms with Gasteiger partial charge in [0, 0.05) is 27.8 Å². The number of benzene rings is 1. The molecule has 0 aliphatic carbocycles. The van der Waals surface area contributed by atoms with Gasteiger partial charge < -0.3 is 14.8 Å². The average molecular weight is 435 g/mol. The maximum absolute atomic E-state index is 5.59. The molecule has 0 aliphatic heterocycles. The summed E-state index contributed by atoms with van der Waals surface area (Å²) in [5.74, 6) is 1.51. The second-order valence-corrected chi connectivity index (χ2v) is 7.14.